The van der Waals surface area contributed by atoms with Crippen LogP contribution in [0.1, 0.15) is 50.8 Å². The van der Waals surface area contributed by atoms with E-state index in [1.54, 1.807) is 33.0 Å². The van der Waals surface area contributed by atoms with Gasteiger partial charge in [0.2, 0.25) is 0 Å². The van der Waals surface area contributed by atoms with Gasteiger partial charge in [0, 0.05) is 30.9 Å². The van der Waals surface area contributed by atoms with E-state index in [9.17, 15) is 9.90 Å². The second-order valence-electron chi connectivity index (χ2n) is 6.39. The van der Waals surface area contributed by atoms with Gasteiger partial charge in [0.05, 0.1) is 18.0 Å². The smallest absolute Gasteiger partial charge is 0.412 e. The van der Waals surface area contributed by atoms with Crippen molar-refractivity contribution in [3.05, 3.63) is 23.5 Å². The second-order valence-corrected chi connectivity index (χ2v) is 6.39. The van der Waals surface area contributed by atoms with Gasteiger partial charge in [-0.2, -0.15) is 0 Å². The number of rotatable bonds is 3. The Kier molecular flexibility index (Phi) is 5.37. The molecule has 1 aromatic rings. The lowest BCUT2D eigenvalue weighted by molar-refractivity contribution is 0.0635. The minimum absolute atomic E-state index is 0.175. The van der Waals surface area contributed by atoms with Gasteiger partial charge in [-0.15, -0.1) is 0 Å². The maximum absolute atomic E-state index is 11.9. The molecule has 0 saturated carbocycles. The summed E-state index contributed by atoms with van der Waals surface area (Å²) in [6.45, 7) is 6.63. The molecule has 0 radical (unpaired) electrons. The molecule has 1 aliphatic heterocycles. The van der Waals surface area contributed by atoms with E-state index in [4.69, 9.17) is 9.47 Å². The van der Waals surface area contributed by atoms with Gasteiger partial charge < -0.3 is 14.6 Å². The highest BCUT2D eigenvalue weighted by molar-refractivity contribution is 5.86. The SMILES string of the molecule is CC(C)(C)OC(=O)Nc1ccnc(C2CCOCC2)c1CO. The molecule has 1 aliphatic rings. The molecule has 6 nitrogen and oxygen atoms in total. The van der Waals surface area contributed by atoms with E-state index in [-0.39, 0.29) is 12.5 Å². The fourth-order valence-corrected chi connectivity index (χ4v) is 2.53. The topological polar surface area (TPSA) is 80.7 Å². The summed E-state index contributed by atoms with van der Waals surface area (Å²) in [5, 5.41) is 12.4. The zero-order valence-electron chi connectivity index (χ0n) is 13.4. The third-order valence-electron chi connectivity index (χ3n) is 3.49. The molecule has 122 valence electrons. The first-order valence-corrected chi connectivity index (χ1v) is 7.57. The van der Waals surface area contributed by atoms with E-state index in [0.29, 0.717) is 24.5 Å². The van der Waals surface area contributed by atoms with E-state index in [1.165, 1.54) is 0 Å². The fourth-order valence-electron chi connectivity index (χ4n) is 2.53. The summed E-state index contributed by atoms with van der Waals surface area (Å²) in [5.41, 5.74) is 1.47. The summed E-state index contributed by atoms with van der Waals surface area (Å²) >= 11 is 0. The number of ether oxygens (including phenoxy) is 2. The number of aromatic nitrogens is 1. The number of carbonyl (C=O) groups excluding carboxylic acids is 1. The van der Waals surface area contributed by atoms with Crippen LogP contribution in [-0.2, 0) is 16.1 Å². The number of aliphatic hydroxyl groups is 1. The Morgan fingerprint density at radius 3 is 2.73 bits per heavy atom. The first-order chi connectivity index (χ1) is 10.4. The highest BCUT2D eigenvalue weighted by Gasteiger charge is 2.23. The molecule has 0 bridgehead atoms. The van der Waals surface area contributed by atoms with Gasteiger partial charge in [0.25, 0.3) is 0 Å². The van der Waals surface area contributed by atoms with Crippen LogP contribution in [0.25, 0.3) is 0 Å². The van der Waals surface area contributed by atoms with Crippen molar-refractivity contribution in [1.82, 2.24) is 4.98 Å². The molecule has 0 spiro atoms. The maximum Gasteiger partial charge on any atom is 0.412 e. The zero-order valence-corrected chi connectivity index (χ0v) is 13.4. The normalized spacial score (nSPS) is 16.4. The number of nitrogens with one attached hydrogen (secondary N) is 1. The van der Waals surface area contributed by atoms with Gasteiger partial charge in [-0.05, 0) is 39.7 Å². The van der Waals surface area contributed by atoms with Crippen LogP contribution in [0.15, 0.2) is 12.3 Å². The molecule has 2 heterocycles. The zero-order chi connectivity index (χ0) is 16.2. The molecule has 6 heteroatoms. The summed E-state index contributed by atoms with van der Waals surface area (Å²) < 4.78 is 10.6. The standard InChI is InChI=1S/C16H24N2O4/c1-16(2,3)22-15(20)18-13-4-7-17-14(12(13)10-19)11-5-8-21-9-6-11/h4,7,11,19H,5-6,8-10H2,1-3H3,(H,17,18,20). The highest BCUT2D eigenvalue weighted by Crippen LogP contribution is 2.31. The lowest BCUT2D eigenvalue weighted by atomic mass is 9.92. The van der Waals surface area contributed by atoms with Gasteiger partial charge in [0.15, 0.2) is 0 Å². The van der Waals surface area contributed by atoms with E-state index in [1.807, 2.05) is 0 Å². The van der Waals surface area contributed by atoms with Crippen LogP contribution in [0.3, 0.4) is 0 Å². The quantitative estimate of drug-likeness (QED) is 0.897. The third-order valence-corrected chi connectivity index (χ3v) is 3.49. The summed E-state index contributed by atoms with van der Waals surface area (Å²) in [6.07, 6.45) is 2.86. The fraction of sp³-hybridized carbons (Fsp3) is 0.625. The number of hydrogen-bond acceptors (Lipinski definition) is 5. The van der Waals surface area contributed by atoms with Crippen LogP contribution in [-0.4, -0.2) is 35.0 Å². The van der Waals surface area contributed by atoms with Crippen molar-refractivity contribution in [1.29, 1.82) is 0 Å². The summed E-state index contributed by atoms with van der Waals surface area (Å²) in [6, 6.07) is 1.68. The molecule has 1 aromatic heterocycles. The number of nitrogens with zero attached hydrogens (tertiary/aromatic N) is 1. The Labute approximate surface area is 130 Å². The third kappa shape index (κ3) is 4.42. The first kappa shape index (κ1) is 16.7. The largest absolute Gasteiger partial charge is 0.444 e. The molecule has 0 unspecified atom stereocenters. The minimum atomic E-state index is -0.569. The predicted octanol–water partition coefficient (Wildman–Crippen LogP) is 2.81. The molecular weight excluding hydrogens is 284 g/mol. The Balaban J connectivity index is 2.19. The Morgan fingerprint density at radius 1 is 1.45 bits per heavy atom. The van der Waals surface area contributed by atoms with Crippen LogP contribution in [0.4, 0.5) is 10.5 Å². The van der Waals surface area contributed by atoms with Gasteiger partial charge in [-0.3, -0.25) is 10.3 Å². The summed E-state index contributed by atoms with van der Waals surface area (Å²) in [7, 11) is 0. The average molecular weight is 308 g/mol. The number of hydrogen-bond donors (Lipinski definition) is 2. The molecule has 2 rings (SSSR count). The van der Waals surface area contributed by atoms with Crippen LogP contribution in [0, 0.1) is 0 Å². The summed E-state index contributed by atoms with van der Waals surface area (Å²) in [5.74, 6) is 0.247. The van der Waals surface area contributed by atoms with Gasteiger partial charge >= 0.3 is 6.09 Å². The van der Waals surface area contributed by atoms with Crippen molar-refractivity contribution in [3.63, 3.8) is 0 Å². The Bertz CT molecular complexity index is 519. The maximum atomic E-state index is 11.9. The molecule has 0 atom stereocenters. The van der Waals surface area contributed by atoms with Crippen molar-refractivity contribution < 1.29 is 19.4 Å². The van der Waals surface area contributed by atoms with Crippen LogP contribution in [0.5, 0.6) is 0 Å². The lowest BCUT2D eigenvalue weighted by Crippen LogP contribution is -2.28. The highest BCUT2D eigenvalue weighted by atomic mass is 16.6. The lowest BCUT2D eigenvalue weighted by Gasteiger charge is -2.25. The molecule has 1 saturated heterocycles. The first-order valence-electron chi connectivity index (χ1n) is 7.57. The Hall–Kier alpha value is -1.66. The molecule has 1 fully saturated rings. The molecule has 0 aliphatic carbocycles. The number of aliphatic hydroxyl groups excluding tert-OH is 1. The van der Waals surface area contributed by atoms with Crippen molar-refractivity contribution in [3.8, 4) is 0 Å². The average Bonchev–Trinajstić information content (AvgIpc) is 2.46. The van der Waals surface area contributed by atoms with Crippen molar-refractivity contribution in [2.75, 3.05) is 18.5 Å². The molecule has 0 aromatic carbocycles. The summed E-state index contributed by atoms with van der Waals surface area (Å²) in [4.78, 5) is 16.3. The number of carbonyl (C=O) groups is 1. The minimum Gasteiger partial charge on any atom is -0.444 e. The molecule has 22 heavy (non-hydrogen) atoms. The number of amides is 1. The Morgan fingerprint density at radius 2 is 2.14 bits per heavy atom. The van der Waals surface area contributed by atoms with E-state index < -0.39 is 11.7 Å². The molecule has 2 N–H and O–H groups in total. The van der Waals surface area contributed by atoms with Crippen LogP contribution < -0.4 is 5.32 Å². The number of pyridine rings is 1. The van der Waals surface area contributed by atoms with Crippen molar-refractivity contribution >= 4 is 11.8 Å². The van der Waals surface area contributed by atoms with Crippen LogP contribution in [0.2, 0.25) is 0 Å². The van der Waals surface area contributed by atoms with E-state index >= 15 is 0 Å². The van der Waals surface area contributed by atoms with Gasteiger partial charge in [0.1, 0.15) is 5.60 Å². The van der Waals surface area contributed by atoms with Crippen LogP contribution >= 0.6 is 0 Å². The van der Waals surface area contributed by atoms with E-state index in [0.717, 1.165) is 18.5 Å². The van der Waals surface area contributed by atoms with E-state index in [2.05, 4.69) is 10.3 Å². The van der Waals surface area contributed by atoms with Crippen molar-refractivity contribution in [2.24, 2.45) is 0 Å². The predicted molar refractivity (Wildman–Crippen MR) is 82.8 cm³/mol. The molecular formula is C16H24N2O4. The monoisotopic (exact) mass is 308 g/mol. The van der Waals surface area contributed by atoms with Gasteiger partial charge in [-0.1, -0.05) is 0 Å². The second kappa shape index (κ2) is 7.07. The van der Waals surface area contributed by atoms with Gasteiger partial charge in [-0.25, -0.2) is 4.79 Å². The van der Waals surface area contributed by atoms with Crippen molar-refractivity contribution in [2.45, 2.75) is 51.7 Å². The number of anilines is 1. The molecule has 1 amide bonds.